The van der Waals surface area contributed by atoms with Crippen LogP contribution >= 0.6 is 22.9 Å². The molecule has 1 N–H and O–H groups in total. The summed E-state index contributed by atoms with van der Waals surface area (Å²) in [5.74, 6) is -1.13. The molecule has 8 nitrogen and oxygen atoms in total. The standard InChI is InChI=1S/C25H14ClF3N6O2S/c26-16-4-3-14-17-22(38-20(14)19(16)36)34-21(18-15(13-1-2-13)5-11(6-30)7-31-18)35(23(17)37)10-12-8-32-24(33-9-12)25(27,28)29/h3-5,7-9,13,36H,1-2,10H2. The van der Waals surface area contributed by atoms with Gasteiger partial charge < -0.3 is 5.11 Å². The van der Waals surface area contributed by atoms with E-state index in [0.29, 0.717) is 26.2 Å². The first-order chi connectivity index (χ1) is 18.2. The van der Waals surface area contributed by atoms with Crippen molar-refractivity contribution in [2.45, 2.75) is 31.5 Å². The summed E-state index contributed by atoms with van der Waals surface area (Å²) in [4.78, 5) is 30.3. The van der Waals surface area contributed by atoms with Crippen LogP contribution in [0.15, 0.2) is 41.6 Å². The van der Waals surface area contributed by atoms with E-state index in [9.17, 15) is 28.3 Å². The first-order valence-electron chi connectivity index (χ1n) is 11.3. The lowest BCUT2D eigenvalue weighted by atomic mass is 10.1. The fourth-order valence-electron chi connectivity index (χ4n) is 4.31. The Bertz CT molecular complexity index is 1860. The van der Waals surface area contributed by atoms with Crippen LogP contribution in [-0.2, 0) is 12.7 Å². The summed E-state index contributed by atoms with van der Waals surface area (Å²) in [6, 6.07) is 6.88. The number of aromatic nitrogens is 5. The van der Waals surface area contributed by atoms with Crippen molar-refractivity contribution >= 4 is 43.2 Å². The van der Waals surface area contributed by atoms with Gasteiger partial charge in [0.2, 0.25) is 5.82 Å². The summed E-state index contributed by atoms with van der Waals surface area (Å²) >= 11 is 7.17. The highest BCUT2D eigenvalue weighted by atomic mass is 35.5. The van der Waals surface area contributed by atoms with Gasteiger partial charge in [0.25, 0.3) is 5.56 Å². The molecule has 13 heteroatoms. The van der Waals surface area contributed by atoms with Crippen LogP contribution in [0.3, 0.4) is 0 Å². The molecule has 0 amide bonds. The van der Waals surface area contributed by atoms with E-state index >= 15 is 0 Å². The van der Waals surface area contributed by atoms with Crippen LogP contribution in [0.2, 0.25) is 5.02 Å². The molecule has 4 heterocycles. The highest BCUT2D eigenvalue weighted by Crippen LogP contribution is 2.45. The minimum Gasteiger partial charge on any atom is -0.505 e. The van der Waals surface area contributed by atoms with Gasteiger partial charge in [-0.2, -0.15) is 18.4 Å². The number of nitrogens with zero attached hydrogens (tertiary/aromatic N) is 6. The third-order valence-electron chi connectivity index (χ3n) is 6.26. The fraction of sp³-hybridized carbons (Fsp3) is 0.200. The minimum atomic E-state index is -4.70. The number of pyridine rings is 1. The lowest BCUT2D eigenvalue weighted by Gasteiger charge is -2.15. The van der Waals surface area contributed by atoms with E-state index in [1.807, 2.05) is 0 Å². The summed E-state index contributed by atoms with van der Waals surface area (Å²) in [6.45, 7) is -0.183. The average Bonchev–Trinajstić information content (AvgIpc) is 3.67. The van der Waals surface area contributed by atoms with Crippen LogP contribution in [0.1, 0.15) is 41.3 Å². The zero-order valence-corrected chi connectivity index (χ0v) is 20.7. The van der Waals surface area contributed by atoms with Crippen LogP contribution in [0.5, 0.6) is 5.75 Å². The molecule has 0 unspecified atom stereocenters. The number of hydrogen-bond acceptors (Lipinski definition) is 8. The first-order valence-corrected chi connectivity index (χ1v) is 12.5. The van der Waals surface area contributed by atoms with Gasteiger partial charge in [0, 0.05) is 29.5 Å². The van der Waals surface area contributed by atoms with Gasteiger partial charge in [-0.05, 0) is 36.5 Å². The summed E-state index contributed by atoms with van der Waals surface area (Å²) in [7, 11) is 0. The topological polar surface area (TPSA) is 118 Å². The van der Waals surface area contributed by atoms with Gasteiger partial charge >= 0.3 is 6.18 Å². The van der Waals surface area contributed by atoms with Crippen molar-refractivity contribution in [1.82, 2.24) is 24.5 Å². The SMILES string of the molecule is N#Cc1cnc(-c2nc3sc4c(O)c(Cl)ccc4c3c(=O)n2Cc2cnc(C(F)(F)F)nc2)c(C2CC2)c1. The Labute approximate surface area is 220 Å². The molecule has 1 aliphatic rings. The van der Waals surface area contributed by atoms with Crippen molar-refractivity contribution in [3.8, 4) is 23.3 Å². The van der Waals surface area contributed by atoms with Crippen LogP contribution in [-0.4, -0.2) is 29.6 Å². The van der Waals surface area contributed by atoms with E-state index in [1.54, 1.807) is 12.1 Å². The highest BCUT2D eigenvalue weighted by Gasteiger charge is 2.34. The minimum absolute atomic E-state index is 0.122. The molecule has 1 saturated carbocycles. The number of fused-ring (bicyclic) bond motifs is 3. The van der Waals surface area contributed by atoms with E-state index in [2.05, 4.69) is 21.0 Å². The average molecular weight is 555 g/mol. The van der Waals surface area contributed by atoms with E-state index in [0.717, 1.165) is 42.1 Å². The largest absolute Gasteiger partial charge is 0.505 e. The summed E-state index contributed by atoms with van der Waals surface area (Å²) in [5.41, 5.74) is 1.29. The Kier molecular flexibility index (Phi) is 5.59. The molecular weight excluding hydrogens is 541 g/mol. The number of nitriles is 1. The van der Waals surface area contributed by atoms with Gasteiger partial charge in [0.1, 0.15) is 16.6 Å². The van der Waals surface area contributed by atoms with Crippen molar-refractivity contribution in [1.29, 1.82) is 5.26 Å². The first kappa shape index (κ1) is 24.3. The smallest absolute Gasteiger partial charge is 0.451 e. The van der Waals surface area contributed by atoms with Crippen molar-refractivity contribution in [2.24, 2.45) is 0 Å². The van der Waals surface area contributed by atoms with E-state index < -0.39 is 17.6 Å². The van der Waals surface area contributed by atoms with E-state index in [4.69, 9.17) is 16.6 Å². The maximum Gasteiger partial charge on any atom is 0.451 e. The van der Waals surface area contributed by atoms with Crippen molar-refractivity contribution in [3.63, 3.8) is 0 Å². The molecular formula is C25H14ClF3N6O2S. The highest BCUT2D eigenvalue weighted by molar-refractivity contribution is 7.25. The summed E-state index contributed by atoms with van der Waals surface area (Å²) in [5, 5.41) is 20.7. The summed E-state index contributed by atoms with van der Waals surface area (Å²) < 4.78 is 40.6. The summed E-state index contributed by atoms with van der Waals surface area (Å²) in [6.07, 6.45) is 0.490. The van der Waals surface area contributed by atoms with E-state index in [1.165, 1.54) is 16.8 Å². The number of benzene rings is 1. The van der Waals surface area contributed by atoms with E-state index in [-0.39, 0.29) is 40.0 Å². The van der Waals surface area contributed by atoms with Crippen molar-refractivity contribution < 1.29 is 18.3 Å². The number of phenolic OH excluding ortho intramolecular Hbond substituents is 1. The fourth-order valence-corrected chi connectivity index (χ4v) is 5.64. The molecule has 38 heavy (non-hydrogen) atoms. The molecule has 0 bridgehead atoms. The number of halogens is 4. The number of aromatic hydroxyl groups is 1. The zero-order chi connectivity index (χ0) is 26.8. The predicted octanol–water partition coefficient (Wildman–Crippen LogP) is 5.64. The van der Waals surface area contributed by atoms with Gasteiger partial charge in [-0.25, -0.2) is 15.0 Å². The number of phenols is 1. The van der Waals surface area contributed by atoms with Gasteiger partial charge in [-0.15, -0.1) is 11.3 Å². The molecule has 1 aromatic carbocycles. The Morgan fingerprint density at radius 1 is 1.18 bits per heavy atom. The second kappa shape index (κ2) is 8.75. The second-order valence-electron chi connectivity index (χ2n) is 8.84. The molecule has 0 spiro atoms. The molecule has 0 saturated heterocycles. The van der Waals surface area contributed by atoms with Crippen LogP contribution in [0.4, 0.5) is 13.2 Å². The Hall–Kier alpha value is -4.08. The molecule has 5 aromatic rings. The molecule has 1 fully saturated rings. The molecule has 1 aliphatic carbocycles. The van der Waals surface area contributed by atoms with Crippen LogP contribution < -0.4 is 5.56 Å². The Morgan fingerprint density at radius 2 is 1.92 bits per heavy atom. The number of alkyl halides is 3. The number of thiophene rings is 1. The molecule has 6 rings (SSSR count). The predicted molar refractivity (Wildman–Crippen MR) is 134 cm³/mol. The molecule has 0 atom stereocenters. The number of rotatable bonds is 4. The zero-order valence-electron chi connectivity index (χ0n) is 19.1. The lowest BCUT2D eigenvalue weighted by Crippen LogP contribution is -2.25. The molecule has 0 aliphatic heterocycles. The lowest BCUT2D eigenvalue weighted by molar-refractivity contribution is -0.145. The third kappa shape index (κ3) is 4.04. The molecule has 0 radical (unpaired) electrons. The quantitative estimate of drug-likeness (QED) is 0.305. The van der Waals surface area contributed by atoms with Gasteiger partial charge in [0.15, 0.2) is 11.6 Å². The van der Waals surface area contributed by atoms with Gasteiger partial charge in [0.05, 0.1) is 27.2 Å². The van der Waals surface area contributed by atoms with Crippen molar-refractivity contribution in [2.75, 3.05) is 0 Å². The van der Waals surface area contributed by atoms with Crippen LogP contribution in [0.25, 0.3) is 31.8 Å². The Balaban J connectivity index is 1.62. The Morgan fingerprint density at radius 3 is 2.58 bits per heavy atom. The monoisotopic (exact) mass is 554 g/mol. The second-order valence-corrected chi connectivity index (χ2v) is 10.2. The van der Waals surface area contributed by atoms with Crippen molar-refractivity contribution in [3.05, 3.63) is 74.7 Å². The maximum atomic E-state index is 14.0. The molecule has 4 aromatic heterocycles. The maximum absolute atomic E-state index is 14.0. The number of hydrogen-bond donors (Lipinski definition) is 1. The molecule has 190 valence electrons. The van der Waals surface area contributed by atoms with Gasteiger partial charge in [-0.1, -0.05) is 17.7 Å². The van der Waals surface area contributed by atoms with Crippen LogP contribution in [0, 0.1) is 11.3 Å². The third-order valence-corrected chi connectivity index (χ3v) is 7.67. The normalized spacial score (nSPS) is 13.8. The van der Waals surface area contributed by atoms with Gasteiger partial charge in [-0.3, -0.25) is 14.3 Å².